The third-order valence-corrected chi connectivity index (χ3v) is 2.02. The standard InChI is InChI=1S/C6H10F3NO2/c7-6(8,9)5(12)1-4(2-11)10-3-5/h4,10-12H,1-3H2. The second-order valence-electron chi connectivity index (χ2n) is 2.99. The minimum atomic E-state index is -4.62. The number of rotatable bonds is 1. The Labute approximate surface area is 67.2 Å². The van der Waals surface area contributed by atoms with Crippen LogP contribution in [0.25, 0.3) is 0 Å². The van der Waals surface area contributed by atoms with E-state index in [1.807, 2.05) is 0 Å². The lowest BCUT2D eigenvalue weighted by Gasteiger charge is -2.24. The molecule has 3 nitrogen and oxygen atoms in total. The van der Waals surface area contributed by atoms with Crippen LogP contribution in [0.15, 0.2) is 0 Å². The van der Waals surface area contributed by atoms with Crippen molar-refractivity contribution in [3.8, 4) is 0 Å². The van der Waals surface area contributed by atoms with Gasteiger partial charge in [0.15, 0.2) is 5.60 Å². The summed E-state index contributed by atoms with van der Waals surface area (Å²) in [6, 6.07) is -0.656. The molecule has 0 aliphatic carbocycles. The van der Waals surface area contributed by atoms with Gasteiger partial charge in [-0.3, -0.25) is 0 Å². The minimum Gasteiger partial charge on any atom is -0.395 e. The summed E-state index contributed by atoms with van der Waals surface area (Å²) in [5.41, 5.74) is -2.67. The summed E-state index contributed by atoms with van der Waals surface area (Å²) in [7, 11) is 0. The molecule has 0 bridgehead atoms. The molecule has 1 fully saturated rings. The van der Waals surface area contributed by atoms with Crippen molar-refractivity contribution in [1.82, 2.24) is 5.32 Å². The summed E-state index contributed by atoms with van der Waals surface area (Å²) in [6.45, 7) is -0.930. The predicted molar refractivity (Wildman–Crippen MR) is 34.5 cm³/mol. The molecular weight excluding hydrogens is 175 g/mol. The second-order valence-corrected chi connectivity index (χ2v) is 2.99. The summed E-state index contributed by atoms with van der Waals surface area (Å²) in [4.78, 5) is 0. The van der Waals surface area contributed by atoms with Gasteiger partial charge < -0.3 is 15.5 Å². The highest BCUT2D eigenvalue weighted by Gasteiger charge is 2.57. The van der Waals surface area contributed by atoms with E-state index in [1.54, 1.807) is 0 Å². The van der Waals surface area contributed by atoms with Crippen LogP contribution in [0.2, 0.25) is 0 Å². The van der Waals surface area contributed by atoms with Crippen molar-refractivity contribution < 1.29 is 23.4 Å². The molecule has 0 aromatic heterocycles. The molecule has 12 heavy (non-hydrogen) atoms. The average Bonchev–Trinajstić information content (AvgIpc) is 2.31. The number of halogens is 3. The highest BCUT2D eigenvalue weighted by molar-refractivity contribution is 4.98. The third kappa shape index (κ3) is 1.55. The van der Waals surface area contributed by atoms with Gasteiger partial charge in [0.25, 0.3) is 0 Å². The lowest BCUT2D eigenvalue weighted by molar-refractivity contribution is -0.252. The van der Waals surface area contributed by atoms with Crippen LogP contribution in [-0.2, 0) is 0 Å². The Morgan fingerprint density at radius 3 is 2.33 bits per heavy atom. The monoisotopic (exact) mass is 185 g/mol. The molecule has 1 saturated heterocycles. The number of β-amino-alcohol motifs (C(OH)–C–C–N with tert-alkyl or cyclic N) is 1. The van der Waals surface area contributed by atoms with E-state index in [-0.39, 0.29) is 0 Å². The third-order valence-electron chi connectivity index (χ3n) is 2.02. The number of hydrogen-bond acceptors (Lipinski definition) is 3. The van der Waals surface area contributed by atoms with Crippen molar-refractivity contribution in [2.45, 2.75) is 24.2 Å². The van der Waals surface area contributed by atoms with Gasteiger partial charge in [0.2, 0.25) is 0 Å². The smallest absolute Gasteiger partial charge is 0.395 e. The average molecular weight is 185 g/mol. The molecule has 1 heterocycles. The lowest BCUT2D eigenvalue weighted by atomic mass is 10.0. The van der Waals surface area contributed by atoms with E-state index in [4.69, 9.17) is 10.2 Å². The van der Waals surface area contributed by atoms with E-state index in [0.29, 0.717) is 0 Å². The second kappa shape index (κ2) is 2.86. The molecular formula is C6H10F3NO2. The van der Waals surface area contributed by atoms with Crippen LogP contribution in [0.5, 0.6) is 0 Å². The van der Waals surface area contributed by atoms with Crippen molar-refractivity contribution in [1.29, 1.82) is 0 Å². The molecule has 0 spiro atoms. The van der Waals surface area contributed by atoms with Gasteiger partial charge in [-0.2, -0.15) is 13.2 Å². The maximum atomic E-state index is 12.1. The molecule has 2 atom stereocenters. The summed E-state index contributed by atoms with van der Waals surface area (Å²) in [6.07, 6.45) is -5.10. The molecule has 0 amide bonds. The first-order valence-corrected chi connectivity index (χ1v) is 3.52. The zero-order chi connectivity index (χ0) is 9.41. The molecule has 0 aromatic carbocycles. The van der Waals surface area contributed by atoms with Crippen molar-refractivity contribution in [2.24, 2.45) is 0 Å². The quantitative estimate of drug-likeness (QED) is 0.522. The Bertz CT molecular complexity index is 173. The first-order valence-electron chi connectivity index (χ1n) is 3.52. The van der Waals surface area contributed by atoms with E-state index in [2.05, 4.69) is 5.32 Å². The van der Waals surface area contributed by atoms with Crippen molar-refractivity contribution >= 4 is 0 Å². The molecule has 0 aromatic rings. The largest absolute Gasteiger partial charge is 0.418 e. The van der Waals surface area contributed by atoms with Crippen LogP contribution in [0.3, 0.4) is 0 Å². The molecule has 3 N–H and O–H groups in total. The number of aliphatic hydroxyl groups is 2. The Kier molecular flexibility index (Phi) is 2.33. The van der Waals surface area contributed by atoms with Crippen molar-refractivity contribution in [2.75, 3.05) is 13.2 Å². The Morgan fingerprint density at radius 1 is 1.50 bits per heavy atom. The van der Waals surface area contributed by atoms with Crippen molar-refractivity contribution in [3.05, 3.63) is 0 Å². The van der Waals surface area contributed by atoms with Crippen LogP contribution in [0.1, 0.15) is 6.42 Å². The molecule has 6 heteroatoms. The van der Waals surface area contributed by atoms with Gasteiger partial charge in [-0.15, -0.1) is 0 Å². The van der Waals surface area contributed by atoms with Gasteiger partial charge in [-0.1, -0.05) is 0 Å². The first-order chi connectivity index (χ1) is 5.39. The van der Waals surface area contributed by atoms with E-state index in [9.17, 15) is 13.2 Å². The maximum absolute atomic E-state index is 12.1. The van der Waals surface area contributed by atoms with Crippen LogP contribution < -0.4 is 5.32 Å². The fourth-order valence-corrected chi connectivity index (χ4v) is 1.21. The molecule has 1 aliphatic rings. The first kappa shape index (κ1) is 9.76. The van der Waals surface area contributed by atoms with Gasteiger partial charge in [-0.25, -0.2) is 0 Å². The summed E-state index contributed by atoms with van der Waals surface area (Å²) >= 11 is 0. The number of nitrogens with one attached hydrogen (secondary N) is 1. The maximum Gasteiger partial charge on any atom is 0.418 e. The normalized spacial score (nSPS) is 37.2. The fraction of sp³-hybridized carbons (Fsp3) is 1.00. The lowest BCUT2D eigenvalue weighted by Crippen LogP contribution is -2.46. The SMILES string of the molecule is OCC1CC(O)(C(F)(F)F)CN1. The predicted octanol–water partition coefficient (Wildman–Crippen LogP) is -0.366. The molecule has 72 valence electrons. The topological polar surface area (TPSA) is 52.5 Å². The highest BCUT2D eigenvalue weighted by Crippen LogP contribution is 2.36. The van der Waals surface area contributed by atoms with E-state index < -0.39 is 37.4 Å². The molecule has 0 saturated carbocycles. The Hall–Kier alpha value is -0.330. The summed E-state index contributed by atoms with van der Waals surface area (Å²) in [5.74, 6) is 0. The van der Waals surface area contributed by atoms with E-state index >= 15 is 0 Å². The highest BCUT2D eigenvalue weighted by atomic mass is 19.4. The number of alkyl halides is 3. The zero-order valence-electron chi connectivity index (χ0n) is 6.23. The van der Waals surface area contributed by atoms with Gasteiger partial charge >= 0.3 is 6.18 Å². The zero-order valence-corrected chi connectivity index (χ0v) is 6.23. The molecule has 1 rings (SSSR count). The van der Waals surface area contributed by atoms with Crippen LogP contribution >= 0.6 is 0 Å². The van der Waals surface area contributed by atoms with E-state index in [0.717, 1.165) is 0 Å². The van der Waals surface area contributed by atoms with Crippen LogP contribution in [-0.4, -0.2) is 41.2 Å². The summed E-state index contributed by atoms with van der Waals surface area (Å²) in [5, 5.41) is 19.9. The van der Waals surface area contributed by atoms with E-state index in [1.165, 1.54) is 0 Å². The minimum absolute atomic E-state index is 0.390. The van der Waals surface area contributed by atoms with Gasteiger partial charge in [0.1, 0.15) is 0 Å². The van der Waals surface area contributed by atoms with Crippen LogP contribution in [0, 0.1) is 0 Å². The molecule has 1 aliphatic heterocycles. The number of aliphatic hydroxyl groups excluding tert-OH is 1. The fourth-order valence-electron chi connectivity index (χ4n) is 1.21. The summed E-state index contributed by atoms with van der Waals surface area (Å²) < 4.78 is 36.2. The van der Waals surface area contributed by atoms with Gasteiger partial charge in [0.05, 0.1) is 6.61 Å². The Morgan fingerprint density at radius 2 is 2.08 bits per heavy atom. The Balaban J connectivity index is 2.64. The molecule has 0 radical (unpaired) electrons. The number of hydrogen-bond donors (Lipinski definition) is 3. The molecule has 2 unspecified atom stereocenters. The van der Waals surface area contributed by atoms with Crippen LogP contribution in [0.4, 0.5) is 13.2 Å². The van der Waals surface area contributed by atoms with Gasteiger partial charge in [-0.05, 0) is 0 Å². The van der Waals surface area contributed by atoms with Gasteiger partial charge in [0, 0.05) is 19.0 Å². The van der Waals surface area contributed by atoms with Crippen molar-refractivity contribution in [3.63, 3.8) is 0 Å².